The van der Waals surface area contributed by atoms with Gasteiger partial charge in [0.2, 0.25) is 0 Å². The normalized spacial score (nSPS) is 12.2. The Morgan fingerprint density at radius 3 is 2.50 bits per heavy atom. The van der Waals surface area contributed by atoms with Gasteiger partial charge in [-0.15, -0.1) is 0 Å². The van der Waals surface area contributed by atoms with E-state index in [-0.39, 0.29) is 17.4 Å². The molecule has 0 aliphatic rings. The highest BCUT2D eigenvalue weighted by molar-refractivity contribution is 6.35. The van der Waals surface area contributed by atoms with E-state index in [1.807, 2.05) is 0 Å². The maximum Gasteiger partial charge on any atom is 0.151 e. The second-order valence-corrected chi connectivity index (χ2v) is 5.22. The molecule has 3 N–H and O–H groups in total. The summed E-state index contributed by atoms with van der Waals surface area (Å²) in [5.41, 5.74) is 6.38. The molecule has 0 saturated carbocycles. The standard InChI is InChI=1S/C14H12Cl2F2N2/c1-7(10-3-2-8(15)4-11(10)16)20-13-6-9(17)5-12(18)14(13)19/h2-7,20H,19H2,1H3. The number of hydrogen-bond acceptors (Lipinski definition) is 2. The van der Waals surface area contributed by atoms with Gasteiger partial charge in [-0.05, 0) is 30.7 Å². The van der Waals surface area contributed by atoms with E-state index in [4.69, 9.17) is 28.9 Å². The molecule has 2 rings (SSSR count). The van der Waals surface area contributed by atoms with Gasteiger partial charge in [-0.2, -0.15) is 0 Å². The predicted molar refractivity (Wildman–Crippen MR) is 79.3 cm³/mol. The van der Waals surface area contributed by atoms with Gasteiger partial charge in [0, 0.05) is 16.1 Å². The van der Waals surface area contributed by atoms with Crippen LogP contribution in [-0.4, -0.2) is 0 Å². The molecule has 0 aromatic heterocycles. The molecule has 2 nitrogen and oxygen atoms in total. The molecule has 6 heteroatoms. The van der Waals surface area contributed by atoms with E-state index < -0.39 is 11.6 Å². The molecule has 0 amide bonds. The van der Waals surface area contributed by atoms with Gasteiger partial charge in [-0.25, -0.2) is 8.78 Å². The third-order valence-electron chi connectivity index (χ3n) is 2.90. The molecular formula is C14H12Cl2F2N2. The monoisotopic (exact) mass is 316 g/mol. The minimum atomic E-state index is -0.804. The molecule has 0 saturated heterocycles. The second-order valence-electron chi connectivity index (χ2n) is 4.38. The third-order valence-corrected chi connectivity index (χ3v) is 3.46. The lowest BCUT2D eigenvalue weighted by atomic mass is 10.1. The summed E-state index contributed by atoms with van der Waals surface area (Å²) in [7, 11) is 0. The Labute approximate surface area is 125 Å². The lowest BCUT2D eigenvalue weighted by Crippen LogP contribution is -2.10. The number of halogens is 4. The zero-order chi connectivity index (χ0) is 14.9. The van der Waals surface area contributed by atoms with E-state index in [2.05, 4.69) is 5.32 Å². The van der Waals surface area contributed by atoms with E-state index in [0.717, 1.165) is 17.7 Å². The minimum Gasteiger partial charge on any atom is -0.395 e. The van der Waals surface area contributed by atoms with Crippen LogP contribution >= 0.6 is 23.2 Å². The Kier molecular flexibility index (Phi) is 4.35. The van der Waals surface area contributed by atoms with Crippen LogP contribution in [0.25, 0.3) is 0 Å². The second kappa shape index (κ2) is 5.85. The SMILES string of the molecule is CC(Nc1cc(F)cc(F)c1N)c1ccc(Cl)cc1Cl. The van der Waals surface area contributed by atoms with Gasteiger partial charge in [-0.1, -0.05) is 29.3 Å². The van der Waals surface area contributed by atoms with Gasteiger partial charge in [0.1, 0.15) is 5.82 Å². The molecule has 2 aromatic rings. The number of nitrogen functional groups attached to an aromatic ring is 1. The van der Waals surface area contributed by atoms with Crippen molar-refractivity contribution in [3.8, 4) is 0 Å². The Balaban J connectivity index is 2.30. The Bertz CT molecular complexity index is 647. The number of nitrogens with two attached hydrogens (primary N) is 1. The first-order valence-electron chi connectivity index (χ1n) is 5.84. The van der Waals surface area contributed by atoms with Crippen molar-refractivity contribution in [2.45, 2.75) is 13.0 Å². The summed E-state index contributed by atoms with van der Waals surface area (Å²) in [5, 5.41) is 3.92. The van der Waals surface area contributed by atoms with E-state index in [1.54, 1.807) is 25.1 Å². The van der Waals surface area contributed by atoms with Crippen LogP contribution in [0.3, 0.4) is 0 Å². The Morgan fingerprint density at radius 2 is 1.85 bits per heavy atom. The van der Waals surface area contributed by atoms with Crippen LogP contribution in [0.15, 0.2) is 30.3 Å². The summed E-state index contributed by atoms with van der Waals surface area (Å²) in [6, 6.07) is 6.62. The van der Waals surface area contributed by atoms with Crippen LogP contribution in [0.5, 0.6) is 0 Å². The zero-order valence-corrected chi connectivity index (χ0v) is 12.1. The van der Waals surface area contributed by atoms with Gasteiger partial charge < -0.3 is 11.1 Å². The van der Waals surface area contributed by atoms with Crippen molar-refractivity contribution in [1.29, 1.82) is 0 Å². The molecule has 0 heterocycles. The first-order valence-corrected chi connectivity index (χ1v) is 6.60. The molecule has 0 fully saturated rings. The van der Waals surface area contributed by atoms with Crippen LogP contribution in [0.4, 0.5) is 20.2 Å². The zero-order valence-electron chi connectivity index (χ0n) is 10.6. The third kappa shape index (κ3) is 3.14. The molecule has 1 unspecified atom stereocenters. The minimum absolute atomic E-state index is 0.136. The van der Waals surface area contributed by atoms with Crippen molar-refractivity contribution in [2.75, 3.05) is 11.1 Å². The van der Waals surface area contributed by atoms with Crippen molar-refractivity contribution >= 4 is 34.6 Å². The smallest absolute Gasteiger partial charge is 0.151 e. The number of nitrogens with one attached hydrogen (secondary N) is 1. The summed E-state index contributed by atoms with van der Waals surface area (Å²) < 4.78 is 26.6. The molecule has 106 valence electrons. The topological polar surface area (TPSA) is 38.0 Å². The number of benzene rings is 2. The molecule has 0 spiro atoms. The fourth-order valence-corrected chi connectivity index (χ4v) is 2.44. The summed E-state index contributed by atoms with van der Waals surface area (Å²) in [6.07, 6.45) is 0. The molecule has 0 radical (unpaired) electrons. The molecule has 2 aromatic carbocycles. The molecule has 0 aliphatic carbocycles. The predicted octanol–water partition coefficient (Wildman–Crippen LogP) is 5.03. The highest BCUT2D eigenvalue weighted by atomic mass is 35.5. The van der Waals surface area contributed by atoms with Crippen molar-refractivity contribution in [3.63, 3.8) is 0 Å². The highest BCUT2D eigenvalue weighted by Gasteiger charge is 2.14. The molecule has 0 bridgehead atoms. The number of rotatable bonds is 3. The van der Waals surface area contributed by atoms with Gasteiger partial charge in [-0.3, -0.25) is 0 Å². The Hall–Kier alpha value is -1.52. The van der Waals surface area contributed by atoms with E-state index in [9.17, 15) is 8.78 Å². The van der Waals surface area contributed by atoms with Crippen molar-refractivity contribution < 1.29 is 8.78 Å². The summed E-state index contributed by atoms with van der Waals surface area (Å²) in [5.74, 6) is -1.50. The summed E-state index contributed by atoms with van der Waals surface area (Å²) in [4.78, 5) is 0. The fourth-order valence-electron chi connectivity index (χ4n) is 1.87. The summed E-state index contributed by atoms with van der Waals surface area (Å²) >= 11 is 11.9. The average molecular weight is 317 g/mol. The quantitative estimate of drug-likeness (QED) is 0.780. The molecule has 1 atom stereocenters. The highest BCUT2D eigenvalue weighted by Crippen LogP contribution is 2.31. The molecular weight excluding hydrogens is 305 g/mol. The van der Waals surface area contributed by atoms with Crippen LogP contribution in [-0.2, 0) is 0 Å². The number of hydrogen-bond donors (Lipinski definition) is 2. The lowest BCUT2D eigenvalue weighted by Gasteiger charge is -2.18. The summed E-state index contributed by atoms with van der Waals surface area (Å²) in [6.45, 7) is 1.80. The fraction of sp³-hybridized carbons (Fsp3) is 0.143. The first kappa shape index (κ1) is 14.9. The van der Waals surface area contributed by atoms with Crippen molar-refractivity contribution in [1.82, 2.24) is 0 Å². The van der Waals surface area contributed by atoms with Gasteiger partial charge >= 0.3 is 0 Å². The maximum absolute atomic E-state index is 13.4. The van der Waals surface area contributed by atoms with Crippen LogP contribution in [0.1, 0.15) is 18.5 Å². The lowest BCUT2D eigenvalue weighted by molar-refractivity contribution is 0.586. The average Bonchev–Trinajstić information content (AvgIpc) is 2.35. The maximum atomic E-state index is 13.4. The molecule has 0 aliphatic heterocycles. The Morgan fingerprint density at radius 1 is 1.15 bits per heavy atom. The largest absolute Gasteiger partial charge is 0.395 e. The van der Waals surface area contributed by atoms with Crippen molar-refractivity contribution in [3.05, 3.63) is 57.6 Å². The molecule has 20 heavy (non-hydrogen) atoms. The van der Waals surface area contributed by atoms with Gasteiger partial charge in [0.05, 0.1) is 17.4 Å². The van der Waals surface area contributed by atoms with Crippen LogP contribution in [0.2, 0.25) is 10.0 Å². The van der Waals surface area contributed by atoms with E-state index in [1.165, 1.54) is 0 Å². The van der Waals surface area contributed by atoms with E-state index in [0.29, 0.717) is 10.0 Å². The van der Waals surface area contributed by atoms with Crippen LogP contribution in [0, 0.1) is 11.6 Å². The van der Waals surface area contributed by atoms with Crippen LogP contribution < -0.4 is 11.1 Å². The first-order chi connectivity index (χ1) is 9.38. The van der Waals surface area contributed by atoms with E-state index >= 15 is 0 Å². The van der Waals surface area contributed by atoms with Gasteiger partial charge in [0.25, 0.3) is 0 Å². The van der Waals surface area contributed by atoms with Crippen molar-refractivity contribution in [2.24, 2.45) is 0 Å². The van der Waals surface area contributed by atoms with Gasteiger partial charge in [0.15, 0.2) is 5.82 Å². The number of anilines is 2.